The average Bonchev–Trinajstić information content (AvgIpc) is 3.18. The first-order chi connectivity index (χ1) is 17.1. The second-order valence-corrected chi connectivity index (χ2v) is 11.2. The van der Waals surface area contributed by atoms with Gasteiger partial charge in [0.25, 0.3) is 0 Å². The van der Waals surface area contributed by atoms with Gasteiger partial charge < -0.3 is 18.9 Å². The highest BCUT2D eigenvalue weighted by Gasteiger charge is 2.30. The Kier molecular flexibility index (Phi) is 8.13. The van der Waals surface area contributed by atoms with Crippen molar-refractivity contribution in [3.63, 3.8) is 0 Å². The van der Waals surface area contributed by atoms with Crippen LogP contribution in [0.1, 0.15) is 69.8 Å². The molecule has 1 fully saturated rings. The number of halogens is 1. The van der Waals surface area contributed by atoms with Crippen molar-refractivity contribution in [1.82, 2.24) is 14.5 Å². The van der Waals surface area contributed by atoms with Crippen LogP contribution in [0.25, 0.3) is 11.0 Å². The standard InChI is InChI=1S/C29H38ClN3O3/c1-20-11-16-25-27(21(20)2)33(26(31-25)19-35-24-14-12-22(30)13-15-24)18-8-10-23-9-6-7-17-32(23)28(34)36-29(3,4)5/h11-16,23H,6-10,17-19H2,1-5H3. The van der Waals surface area contributed by atoms with Crippen LogP contribution in [0, 0.1) is 13.8 Å². The number of amides is 1. The summed E-state index contributed by atoms with van der Waals surface area (Å²) in [6, 6.07) is 11.8. The van der Waals surface area contributed by atoms with Gasteiger partial charge in [-0.05, 0) is 108 Å². The Labute approximate surface area is 219 Å². The van der Waals surface area contributed by atoms with E-state index in [9.17, 15) is 4.79 Å². The molecule has 194 valence electrons. The molecule has 7 heteroatoms. The zero-order valence-electron chi connectivity index (χ0n) is 22.1. The summed E-state index contributed by atoms with van der Waals surface area (Å²) in [4.78, 5) is 19.7. The van der Waals surface area contributed by atoms with Crippen molar-refractivity contribution in [1.29, 1.82) is 0 Å². The number of imidazole rings is 1. The topological polar surface area (TPSA) is 56.6 Å². The van der Waals surface area contributed by atoms with E-state index in [4.69, 9.17) is 26.1 Å². The number of benzene rings is 2. The molecule has 0 N–H and O–H groups in total. The van der Waals surface area contributed by atoms with E-state index in [1.165, 1.54) is 11.1 Å². The van der Waals surface area contributed by atoms with Gasteiger partial charge in [-0.3, -0.25) is 0 Å². The first-order valence-electron chi connectivity index (χ1n) is 13.0. The number of aryl methyl sites for hydroxylation is 3. The molecule has 0 bridgehead atoms. The van der Waals surface area contributed by atoms with Crippen LogP contribution in [0.2, 0.25) is 5.02 Å². The van der Waals surface area contributed by atoms with Crippen LogP contribution in [0.4, 0.5) is 4.79 Å². The minimum absolute atomic E-state index is 0.191. The Morgan fingerprint density at radius 2 is 1.86 bits per heavy atom. The van der Waals surface area contributed by atoms with E-state index in [-0.39, 0.29) is 12.1 Å². The van der Waals surface area contributed by atoms with Crippen molar-refractivity contribution in [2.75, 3.05) is 6.54 Å². The molecule has 0 saturated carbocycles. The van der Waals surface area contributed by atoms with Crippen LogP contribution >= 0.6 is 11.6 Å². The highest BCUT2D eigenvalue weighted by atomic mass is 35.5. The van der Waals surface area contributed by atoms with Gasteiger partial charge in [0, 0.05) is 24.2 Å². The zero-order valence-corrected chi connectivity index (χ0v) is 22.9. The lowest BCUT2D eigenvalue weighted by Gasteiger charge is -2.37. The summed E-state index contributed by atoms with van der Waals surface area (Å²) < 4.78 is 14.1. The molecule has 0 aliphatic carbocycles. The summed E-state index contributed by atoms with van der Waals surface area (Å²) in [5, 5.41) is 0.684. The van der Waals surface area contributed by atoms with Gasteiger partial charge in [0.2, 0.25) is 0 Å². The Hall–Kier alpha value is -2.73. The zero-order chi connectivity index (χ0) is 25.9. The molecular weight excluding hydrogens is 474 g/mol. The number of hydrogen-bond donors (Lipinski definition) is 0. The summed E-state index contributed by atoms with van der Waals surface area (Å²) in [6.07, 6.45) is 4.89. The van der Waals surface area contributed by atoms with Crippen molar-refractivity contribution in [3.05, 3.63) is 58.4 Å². The molecule has 0 spiro atoms. The van der Waals surface area contributed by atoms with Crippen LogP contribution in [0.5, 0.6) is 5.75 Å². The van der Waals surface area contributed by atoms with Gasteiger partial charge in [-0.2, -0.15) is 0 Å². The van der Waals surface area contributed by atoms with E-state index < -0.39 is 5.60 Å². The molecule has 1 atom stereocenters. The van der Waals surface area contributed by atoms with Gasteiger partial charge in [-0.1, -0.05) is 17.7 Å². The molecule has 4 rings (SSSR count). The fraction of sp³-hybridized carbons (Fsp3) is 0.517. The third kappa shape index (κ3) is 6.33. The van der Waals surface area contributed by atoms with Gasteiger partial charge >= 0.3 is 6.09 Å². The van der Waals surface area contributed by atoms with Crippen molar-refractivity contribution in [3.8, 4) is 5.75 Å². The molecule has 6 nitrogen and oxygen atoms in total. The maximum Gasteiger partial charge on any atom is 0.410 e. The Morgan fingerprint density at radius 1 is 1.11 bits per heavy atom. The number of fused-ring (bicyclic) bond motifs is 1. The van der Waals surface area contributed by atoms with E-state index in [1.54, 1.807) is 0 Å². The van der Waals surface area contributed by atoms with Gasteiger partial charge in [-0.25, -0.2) is 9.78 Å². The van der Waals surface area contributed by atoms with Crippen molar-refractivity contribution in [2.45, 2.75) is 91.5 Å². The molecule has 36 heavy (non-hydrogen) atoms. The molecular formula is C29H38ClN3O3. The normalized spacial score (nSPS) is 16.4. The quantitative estimate of drug-likeness (QED) is 0.330. The minimum Gasteiger partial charge on any atom is -0.486 e. The monoisotopic (exact) mass is 511 g/mol. The lowest BCUT2D eigenvalue weighted by molar-refractivity contribution is 0.00852. The Balaban J connectivity index is 1.50. The summed E-state index contributed by atoms with van der Waals surface area (Å²) >= 11 is 6.02. The number of ether oxygens (including phenoxy) is 2. The molecule has 2 heterocycles. The maximum absolute atomic E-state index is 12.8. The van der Waals surface area contributed by atoms with Crippen molar-refractivity contribution < 1.29 is 14.3 Å². The number of likely N-dealkylation sites (tertiary alicyclic amines) is 1. The average molecular weight is 512 g/mol. The lowest BCUT2D eigenvalue weighted by atomic mass is 9.98. The maximum atomic E-state index is 12.8. The number of carbonyl (C=O) groups excluding carboxylic acids is 1. The smallest absolute Gasteiger partial charge is 0.410 e. The van der Waals surface area contributed by atoms with Crippen molar-refractivity contribution >= 4 is 28.7 Å². The third-order valence-electron chi connectivity index (χ3n) is 6.87. The summed E-state index contributed by atoms with van der Waals surface area (Å²) in [7, 11) is 0. The fourth-order valence-electron chi connectivity index (χ4n) is 4.92. The van der Waals surface area contributed by atoms with E-state index in [2.05, 4.69) is 30.5 Å². The largest absolute Gasteiger partial charge is 0.486 e. The second-order valence-electron chi connectivity index (χ2n) is 10.8. The molecule has 1 aromatic heterocycles. The number of nitrogens with zero attached hydrogens (tertiary/aromatic N) is 3. The van der Waals surface area contributed by atoms with E-state index >= 15 is 0 Å². The molecule has 3 aromatic rings. The Morgan fingerprint density at radius 3 is 2.58 bits per heavy atom. The summed E-state index contributed by atoms with van der Waals surface area (Å²) in [5.41, 5.74) is 4.16. The molecule has 1 aliphatic rings. The number of carbonyl (C=O) groups is 1. The first kappa shape index (κ1) is 26.3. The van der Waals surface area contributed by atoms with Crippen LogP contribution in [-0.2, 0) is 17.9 Å². The molecule has 2 aromatic carbocycles. The predicted molar refractivity (Wildman–Crippen MR) is 145 cm³/mol. The molecule has 1 amide bonds. The summed E-state index contributed by atoms with van der Waals surface area (Å²) in [6.45, 7) is 12.0. The predicted octanol–water partition coefficient (Wildman–Crippen LogP) is 7.46. The highest BCUT2D eigenvalue weighted by Crippen LogP contribution is 2.27. The fourth-order valence-corrected chi connectivity index (χ4v) is 5.05. The highest BCUT2D eigenvalue weighted by molar-refractivity contribution is 6.30. The molecule has 0 radical (unpaired) electrons. The molecule has 1 aliphatic heterocycles. The second kappa shape index (κ2) is 11.1. The van der Waals surface area contributed by atoms with Crippen LogP contribution in [0.3, 0.4) is 0 Å². The van der Waals surface area contributed by atoms with E-state index in [0.29, 0.717) is 11.6 Å². The number of piperidine rings is 1. The van der Waals surface area contributed by atoms with Crippen LogP contribution in [0.15, 0.2) is 36.4 Å². The molecule has 1 unspecified atom stereocenters. The summed E-state index contributed by atoms with van der Waals surface area (Å²) in [5.74, 6) is 1.67. The molecule has 1 saturated heterocycles. The number of hydrogen-bond acceptors (Lipinski definition) is 4. The van der Waals surface area contributed by atoms with Crippen LogP contribution in [-0.4, -0.2) is 38.7 Å². The first-order valence-corrected chi connectivity index (χ1v) is 13.3. The van der Waals surface area contributed by atoms with E-state index in [0.717, 1.165) is 67.8 Å². The number of rotatable bonds is 7. The Bertz CT molecular complexity index is 1200. The van der Waals surface area contributed by atoms with Gasteiger partial charge in [0.1, 0.15) is 23.8 Å². The van der Waals surface area contributed by atoms with Crippen molar-refractivity contribution in [2.24, 2.45) is 0 Å². The SMILES string of the molecule is Cc1ccc2nc(COc3ccc(Cl)cc3)n(CCCC3CCCCN3C(=O)OC(C)(C)C)c2c1C. The van der Waals surface area contributed by atoms with E-state index in [1.807, 2.05) is 49.9 Å². The third-order valence-corrected chi connectivity index (χ3v) is 7.12. The minimum atomic E-state index is -0.483. The van der Waals surface area contributed by atoms with Gasteiger partial charge in [0.15, 0.2) is 0 Å². The van der Waals surface area contributed by atoms with Gasteiger partial charge in [0.05, 0.1) is 11.0 Å². The lowest BCUT2D eigenvalue weighted by Crippen LogP contribution is -2.46. The van der Waals surface area contributed by atoms with Crippen LogP contribution < -0.4 is 4.74 Å². The number of aromatic nitrogens is 2. The van der Waals surface area contributed by atoms with Gasteiger partial charge in [-0.15, -0.1) is 0 Å².